The van der Waals surface area contributed by atoms with Crippen LogP contribution in [-0.2, 0) is 27.1 Å². The van der Waals surface area contributed by atoms with Gasteiger partial charge < -0.3 is 19.3 Å². The van der Waals surface area contributed by atoms with E-state index in [4.69, 9.17) is 0 Å². The zero-order valence-corrected chi connectivity index (χ0v) is 58.4. The van der Waals surface area contributed by atoms with E-state index in [0.717, 1.165) is 44.9 Å². The van der Waals surface area contributed by atoms with Crippen molar-refractivity contribution in [2.24, 2.45) is 16.7 Å². The molecule has 0 saturated heterocycles. The predicted molar refractivity (Wildman–Crippen MR) is 386 cm³/mol. The van der Waals surface area contributed by atoms with Crippen molar-refractivity contribution in [3.8, 4) is 5.69 Å². The third-order valence-electron chi connectivity index (χ3n) is 26.3. The highest BCUT2D eigenvalue weighted by Gasteiger charge is 2.62. The number of hydrogen-bond acceptors (Lipinski definition) is 3. The minimum Gasteiger partial charge on any atom is -0.338 e. The molecular formula is C85H103BN4. The van der Waals surface area contributed by atoms with Crippen LogP contribution in [0.1, 0.15) is 254 Å². The molecule has 1 aromatic heterocycles. The summed E-state index contributed by atoms with van der Waals surface area (Å²) in [6.07, 6.45) is 39.3. The molecule has 16 rings (SSSR count). The van der Waals surface area contributed by atoms with Crippen LogP contribution in [-0.4, -0.2) is 27.3 Å². The molecule has 5 heterocycles. The molecule has 2 fully saturated rings. The molecule has 0 radical (unpaired) electrons. The minimum atomic E-state index is -0.153. The Kier molecular flexibility index (Phi) is 12.4. The van der Waals surface area contributed by atoms with Crippen molar-refractivity contribution in [3.63, 3.8) is 0 Å². The molecule has 5 aromatic rings. The molecular weight excluding hydrogens is 1090 g/mol. The van der Waals surface area contributed by atoms with Crippen LogP contribution in [0, 0.1) is 16.7 Å². The molecule has 4 aromatic carbocycles. The molecule has 0 amide bonds. The first-order valence-electron chi connectivity index (χ1n) is 35.6. The lowest BCUT2D eigenvalue weighted by Crippen LogP contribution is -2.58. The fraction of sp³-hybridized carbons (Fsp3) is 0.506. The molecule has 0 bridgehead atoms. The van der Waals surface area contributed by atoms with E-state index in [1.54, 1.807) is 28.0 Å². The number of allylic oxidation sites excluding steroid dienone is 14. The van der Waals surface area contributed by atoms with Gasteiger partial charge >= 0.3 is 0 Å². The molecule has 4 aliphatic heterocycles. The Balaban J connectivity index is 1.05. The molecule has 11 aliphatic rings. The molecule has 4 nitrogen and oxygen atoms in total. The van der Waals surface area contributed by atoms with Crippen LogP contribution in [0.5, 0.6) is 0 Å². The monoisotopic (exact) mass is 1190 g/mol. The SMILES string of the molecule is CC(C)(C)C1=CC2=C(CC1)N(C1=CCC3B4c5c(cc(N6c7ccc(C(C)(C)C)cc7C7(C)CCCCC67C)cc5-n5c6c(c7cc(C(C)(C)C)cc4c75)C(C)(C)C4CC=CC=C64)N(c4ccc(C(C)(C)C)cc4C4=CCCC=C4)C3=C1)C1(C)CCCCC21C. The molecule has 466 valence electrons. The summed E-state index contributed by atoms with van der Waals surface area (Å²) in [6, 6.07) is 26.3. The zero-order chi connectivity index (χ0) is 63.2. The third kappa shape index (κ3) is 7.85. The van der Waals surface area contributed by atoms with E-state index >= 15 is 0 Å². The van der Waals surface area contributed by atoms with E-state index in [0.29, 0.717) is 5.92 Å². The van der Waals surface area contributed by atoms with Gasteiger partial charge in [-0.3, -0.25) is 0 Å². The Morgan fingerprint density at radius 3 is 1.93 bits per heavy atom. The number of nitrogens with zero attached hydrogens (tertiary/aromatic N) is 4. The Hall–Kier alpha value is -6.20. The maximum atomic E-state index is 2.99. The first kappa shape index (κ1) is 58.9. The van der Waals surface area contributed by atoms with Crippen molar-refractivity contribution < 1.29 is 0 Å². The Morgan fingerprint density at radius 2 is 1.24 bits per heavy atom. The van der Waals surface area contributed by atoms with Gasteiger partial charge in [-0.1, -0.05) is 215 Å². The van der Waals surface area contributed by atoms with Gasteiger partial charge in [-0.25, -0.2) is 0 Å². The van der Waals surface area contributed by atoms with E-state index in [1.807, 2.05) is 0 Å². The lowest BCUT2D eigenvalue weighted by molar-refractivity contribution is 0.0495. The van der Waals surface area contributed by atoms with Gasteiger partial charge in [0.25, 0.3) is 0 Å². The van der Waals surface area contributed by atoms with Crippen molar-refractivity contribution in [2.45, 2.75) is 258 Å². The molecule has 90 heavy (non-hydrogen) atoms. The normalized spacial score (nSPS) is 28.8. The zero-order valence-electron chi connectivity index (χ0n) is 58.4. The number of aromatic nitrogens is 1. The van der Waals surface area contributed by atoms with E-state index in [1.165, 1.54) is 146 Å². The second kappa shape index (κ2) is 19.0. The van der Waals surface area contributed by atoms with Gasteiger partial charge in [0.05, 0.1) is 22.5 Å². The van der Waals surface area contributed by atoms with Crippen molar-refractivity contribution >= 4 is 62.4 Å². The summed E-state index contributed by atoms with van der Waals surface area (Å²) < 4.78 is 2.90. The van der Waals surface area contributed by atoms with Crippen LogP contribution in [0.2, 0.25) is 5.82 Å². The molecule has 0 N–H and O–H groups in total. The fourth-order valence-electron chi connectivity index (χ4n) is 20.7. The second-order valence-electron chi connectivity index (χ2n) is 35.8. The van der Waals surface area contributed by atoms with Crippen LogP contribution in [0.4, 0.5) is 22.7 Å². The maximum Gasteiger partial charge on any atom is 0.226 e. The van der Waals surface area contributed by atoms with Crippen molar-refractivity contribution in [2.75, 3.05) is 9.80 Å². The van der Waals surface area contributed by atoms with Crippen molar-refractivity contribution in [1.82, 2.24) is 9.47 Å². The lowest BCUT2D eigenvalue weighted by atomic mass is 9.29. The van der Waals surface area contributed by atoms with Crippen LogP contribution < -0.4 is 20.7 Å². The van der Waals surface area contributed by atoms with Crippen LogP contribution >= 0.6 is 0 Å². The highest BCUT2D eigenvalue weighted by Crippen LogP contribution is 2.66. The van der Waals surface area contributed by atoms with Gasteiger partial charge in [0, 0.05) is 67.1 Å². The molecule has 7 aliphatic carbocycles. The summed E-state index contributed by atoms with van der Waals surface area (Å²) in [7, 11) is 0. The van der Waals surface area contributed by atoms with Crippen molar-refractivity contribution in [1.29, 1.82) is 0 Å². The predicted octanol–water partition coefficient (Wildman–Crippen LogP) is 21.5. The highest BCUT2D eigenvalue weighted by molar-refractivity contribution is 6.91. The summed E-state index contributed by atoms with van der Waals surface area (Å²) in [4.78, 5) is 8.84. The number of anilines is 4. The topological polar surface area (TPSA) is 14.7 Å². The van der Waals surface area contributed by atoms with Gasteiger partial charge in [0.2, 0.25) is 6.71 Å². The fourth-order valence-corrected chi connectivity index (χ4v) is 20.7. The first-order chi connectivity index (χ1) is 42.4. The maximum absolute atomic E-state index is 2.99. The largest absolute Gasteiger partial charge is 0.338 e. The first-order valence-corrected chi connectivity index (χ1v) is 35.6. The smallest absolute Gasteiger partial charge is 0.226 e. The number of hydrogen-bond donors (Lipinski definition) is 0. The summed E-state index contributed by atoms with van der Waals surface area (Å²) in [5, 5.41) is 1.48. The van der Waals surface area contributed by atoms with Gasteiger partial charge in [0.1, 0.15) is 0 Å². The standard InChI is InChI=1S/C85H103BN4/c1-77(2,3)53-32-37-67(60(44-53)52-28-20-19-21-29-52)87-70-49-57(89-68-38-33-54(78(4,5)6)46-63(68)82(15)40-24-26-42-84(82,89)17)35-36-65(70)86-66-48-56(80(10,11)12)45-61-73-76(59-30-22-23-31-62(59)81(73,13)14)88(75(61)66)72-51-58(50-71(87)74(72)86)90-69-39-34-55(79(7,8)9)47-64(69)83(16)41-25-27-43-85(83,90)18/h20,22-23,28-30,32,34-35,37,39,44-51,62,65H,19,21,24-27,31,33,36,38,40-43H2,1-18H3. The van der Waals surface area contributed by atoms with Gasteiger partial charge in [-0.15, -0.1) is 0 Å². The molecule has 0 spiro atoms. The highest BCUT2D eigenvalue weighted by atomic mass is 15.3. The van der Waals surface area contributed by atoms with Gasteiger partial charge in [0.15, 0.2) is 0 Å². The lowest BCUT2D eigenvalue weighted by Gasteiger charge is -2.53. The molecule has 6 unspecified atom stereocenters. The number of benzene rings is 4. The Labute approximate surface area is 542 Å². The van der Waals surface area contributed by atoms with Gasteiger partial charge in [-0.05, 0) is 215 Å². The van der Waals surface area contributed by atoms with Crippen molar-refractivity contribution in [3.05, 3.63) is 183 Å². The van der Waals surface area contributed by atoms with E-state index in [9.17, 15) is 0 Å². The summed E-state index contributed by atoms with van der Waals surface area (Å²) in [6.45, 7) is 45.2. The second-order valence-corrected chi connectivity index (χ2v) is 35.8. The average Bonchev–Trinajstić information content (AvgIpc) is 1.43. The molecule has 5 heteroatoms. The minimum absolute atomic E-state index is 0.0347. The molecule has 2 saturated carbocycles. The summed E-state index contributed by atoms with van der Waals surface area (Å²) >= 11 is 0. The van der Waals surface area contributed by atoms with E-state index in [-0.39, 0.29) is 61.5 Å². The number of fused-ring (bicyclic) bond motifs is 14. The van der Waals surface area contributed by atoms with Crippen LogP contribution in [0.25, 0.3) is 27.7 Å². The Bertz CT molecular complexity index is 4250. The van der Waals surface area contributed by atoms with Crippen LogP contribution in [0.3, 0.4) is 0 Å². The van der Waals surface area contributed by atoms with E-state index in [2.05, 4.69) is 259 Å². The average molecular weight is 1190 g/mol. The molecule has 6 atom stereocenters. The van der Waals surface area contributed by atoms with E-state index < -0.39 is 0 Å². The number of rotatable bonds is 4. The van der Waals surface area contributed by atoms with Crippen LogP contribution in [0.15, 0.2) is 144 Å². The third-order valence-corrected chi connectivity index (χ3v) is 26.3. The summed E-state index contributed by atoms with van der Waals surface area (Å²) in [5.74, 6) is 0.583. The Morgan fingerprint density at radius 1 is 0.578 bits per heavy atom. The van der Waals surface area contributed by atoms with Gasteiger partial charge in [-0.2, -0.15) is 0 Å². The quantitative estimate of drug-likeness (QED) is 0.167. The summed E-state index contributed by atoms with van der Waals surface area (Å²) in [5.41, 5.74) is 31.9.